The molecule has 0 unspecified atom stereocenters. The third kappa shape index (κ3) is 3.63. The predicted molar refractivity (Wildman–Crippen MR) is 114 cm³/mol. The number of aromatic nitrogens is 2. The van der Waals surface area contributed by atoms with E-state index in [4.69, 9.17) is 11.6 Å². The van der Waals surface area contributed by atoms with Crippen molar-refractivity contribution in [3.63, 3.8) is 0 Å². The summed E-state index contributed by atoms with van der Waals surface area (Å²) >= 11 is 6.29. The zero-order valence-corrected chi connectivity index (χ0v) is 17.0. The van der Waals surface area contributed by atoms with Gasteiger partial charge in [-0.2, -0.15) is 5.10 Å². The number of para-hydroxylation sites is 1. The van der Waals surface area contributed by atoms with Crippen LogP contribution in [0.4, 0.5) is 11.4 Å². The number of nitrogens with one attached hydrogen (secondary N) is 1. The van der Waals surface area contributed by atoms with Gasteiger partial charge in [0.15, 0.2) is 0 Å². The topological polar surface area (TPSA) is 67.2 Å². The monoisotopic (exact) mass is 408 g/mol. The lowest BCUT2D eigenvalue weighted by Crippen LogP contribution is -2.24. The van der Waals surface area contributed by atoms with Crippen molar-refractivity contribution >= 4 is 34.8 Å². The highest BCUT2D eigenvalue weighted by atomic mass is 35.5. The summed E-state index contributed by atoms with van der Waals surface area (Å²) in [6.07, 6.45) is 1.30. The van der Waals surface area contributed by atoms with E-state index in [0.717, 1.165) is 23.5 Å². The quantitative estimate of drug-likeness (QED) is 0.690. The van der Waals surface area contributed by atoms with Gasteiger partial charge in [-0.1, -0.05) is 29.8 Å². The number of rotatable bonds is 4. The van der Waals surface area contributed by atoms with Gasteiger partial charge in [-0.3, -0.25) is 9.59 Å². The van der Waals surface area contributed by atoms with E-state index >= 15 is 0 Å². The Balaban J connectivity index is 1.62. The van der Waals surface area contributed by atoms with Crippen LogP contribution in [-0.4, -0.2) is 28.1 Å². The van der Waals surface area contributed by atoms with Crippen LogP contribution in [0.5, 0.6) is 0 Å². The van der Waals surface area contributed by atoms with Crippen LogP contribution in [0.15, 0.2) is 48.5 Å². The maximum Gasteiger partial charge on any atom is 0.255 e. The highest BCUT2D eigenvalue weighted by Gasteiger charge is 2.25. The third-order valence-corrected chi connectivity index (χ3v) is 5.42. The van der Waals surface area contributed by atoms with Crippen molar-refractivity contribution in [2.75, 3.05) is 16.8 Å². The molecule has 0 radical (unpaired) electrons. The van der Waals surface area contributed by atoms with E-state index in [2.05, 4.69) is 10.4 Å². The molecule has 3 aromatic rings. The second kappa shape index (κ2) is 7.72. The molecule has 1 aromatic heterocycles. The number of carbonyl (C=O) groups is 2. The summed E-state index contributed by atoms with van der Waals surface area (Å²) in [4.78, 5) is 26.7. The van der Waals surface area contributed by atoms with E-state index in [0.29, 0.717) is 34.9 Å². The van der Waals surface area contributed by atoms with Crippen LogP contribution in [0, 0.1) is 13.8 Å². The molecule has 0 atom stereocenters. The fourth-order valence-electron chi connectivity index (χ4n) is 3.59. The molecule has 1 aliphatic rings. The van der Waals surface area contributed by atoms with Crippen molar-refractivity contribution in [2.24, 2.45) is 0 Å². The summed E-state index contributed by atoms with van der Waals surface area (Å²) in [7, 11) is 0. The van der Waals surface area contributed by atoms with Gasteiger partial charge in [-0.05, 0) is 50.6 Å². The number of nitrogens with zero attached hydrogens (tertiary/aromatic N) is 3. The van der Waals surface area contributed by atoms with Crippen LogP contribution in [0.1, 0.15) is 34.6 Å². The van der Waals surface area contributed by atoms with Crippen LogP contribution in [0.2, 0.25) is 5.02 Å². The fourth-order valence-corrected chi connectivity index (χ4v) is 3.81. The van der Waals surface area contributed by atoms with Crippen molar-refractivity contribution < 1.29 is 9.59 Å². The molecule has 0 aliphatic carbocycles. The first kappa shape index (κ1) is 19.2. The molecule has 1 fully saturated rings. The average molecular weight is 409 g/mol. The lowest BCUT2D eigenvalue weighted by Gasteiger charge is -2.18. The first-order chi connectivity index (χ1) is 14.0. The van der Waals surface area contributed by atoms with Gasteiger partial charge in [0.1, 0.15) is 0 Å². The molecule has 2 amide bonds. The molecule has 0 bridgehead atoms. The second-order valence-corrected chi connectivity index (χ2v) is 7.47. The summed E-state index contributed by atoms with van der Waals surface area (Å²) in [6, 6.07) is 14.7. The molecule has 148 valence electrons. The molecule has 4 rings (SSSR count). The molecule has 6 nitrogen and oxygen atoms in total. The summed E-state index contributed by atoms with van der Waals surface area (Å²) in [5, 5.41) is 7.98. The van der Waals surface area contributed by atoms with Gasteiger partial charge in [-0.25, -0.2) is 4.68 Å². The highest BCUT2D eigenvalue weighted by molar-refractivity contribution is 6.34. The molecular formula is C22H21ClN4O2. The predicted octanol–water partition coefficient (Wildman–Crippen LogP) is 4.52. The number of aryl methyl sites for hydroxylation is 1. The first-order valence-electron chi connectivity index (χ1n) is 9.48. The van der Waals surface area contributed by atoms with Gasteiger partial charge in [0, 0.05) is 18.5 Å². The third-order valence-electron chi connectivity index (χ3n) is 5.10. The number of benzene rings is 2. The Kier molecular flexibility index (Phi) is 5.11. The molecule has 1 N–H and O–H groups in total. The van der Waals surface area contributed by atoms with E-state index in [1.807, 2.05) is 44.2 Å². The Bertz CT molecular complexity index is 1090. The summed E-state index contributed by atoms with van der Waals surface area (Å²) in [5.41, 5.74) is 4.18. The van der Waals surface area contributed by atoms with Crippen molar-refractivity contribution in [3.05, 3.63) is 70.5 Å². The Labute approximate surface area is 174 Å². The molecule has 7 heteroatoms. The lowest BCUT2D eigenvalue weighted by molar-refractivity contribution is -0.117. The molecule has 1 aliphatic heterocycles. The molecule has 1 saturated heterocycles. The van der Waals surface area contributed by atoms with Gasteiger partial charge in [0.25, 0.3) is 5.91 Å². The van der Waals surface area contributed by atoms with Crippen molar-refractivity contribution in [2.45, 2.75) is 26.7 Å². The lowest BCUT2D eigenvalue weighted by atomic mass is 10.1. The van der Waals surface area contributed by atoms with E-state index in [1.165, 1.54) is 0 Å². The number of carbonyl (C=O) groups excluding carboxylic acids is 2. The molecule has 0 spiro atoms. The average Bonchev–Trinajstić information content (AvgIpc) is 3.27. The number of amides is 2. The van der Waals surface area contributed by atoms with E-state index in [9.17, 15) is 9.59 Å². The van der Waals surface area contributed by atoms with Gasteiger partial charge >= 0.3 is 0 Å². The smallest absolute Gasteiger partial charge is 0.255 e. The van der Waals surface area contributed by atoms with Crippen LogP contribution in [-0.2, 0) is 4.79 Å². The van der Waals surface area contributed by atoms with Crippen molar-refractivity contribution in [3.8, 4) is 5.69 Å². The van der Waals surface area contributed by atoms with Crippen molar-refractivity contribution in [1.29, 1.82) is 0 Å². The Morgan fingerprint density at radius 1 is 1.14 bits per heavy atom. The van der Waals surface area contributed by atoms with Crippen LogP contribution in [0.3, 0.4) is 0 Å². The highest BCUT2D eigenvalue weighted by Crippen LogP contribution is 2.31. The van der Waals surface area contributed by atoms with Gasteiger partial charge in [0.05, 0.1) is 33.5 Å². The Morgan fingerprint density at radius 3 is 2.59 bits per heavy atom. The fraction of sp³-hybridized carbons (Fsp3) is 0.227. The molecule has 2 aromatic carbocycles. The van der Waals surface area contributed by atoms with E-state index < -0.39 is 0 Å². The summed E-state index contributed by atoms with van der Waals surface area (Å²) < 4.78 is 1.81. The Morgan fingerprint density at radius 2 is 1.90 bits per heavy atom. The number of halogens is 1. The normalized spacial score (nSPS) is 13.8. The van der Waals surface area contributed by atoms with Gasteiger partial charge < -0.3 is 10.2 Å². The molecular weight excluding hydrogens is 388 g/mol. The van der Waals surface area contributed by atoms with Crippen LogP contribution >= 0.6 is 11.6 Å². The molecule has 29 heavy (non-hydrogen) atoms. The van der Waals surface area contributed by atoms with Gasteiger partial charge in [0.2, 0.25) is 5.91 Å². The summed E-state index contributed by atoms with van der Waals surface area (Å²) in [5.74, 6) is -0.242. The maximum absolute atomic E-state index is 12.9. The Hall–Kier alpha value is -3.12. The molecule has 0 saturated carbocycles. The number of hydrogen-bond acceptors (Lipinski definition) is 3. The first-order valence-corrected chi connectivity index (χ1v) is 9.86. The van der Waals surface area contributed by atoms with Crippen LogP contribution < -0.4 is 10.2 Å². The summed E-state index contributed by atoms with van der Waals surface area (Å²) in [6.45, 7) is 4.39. The zero-order chi connectivity index (χ0) is 20.5. The minimum Gasteiger partial charge on any atom is -0.319 e. The SMILES string of the molecule is Cc1nn(-c2ccccc2)c(C)c1NC(=O)c1ccc(Cl)c(N2CCCC2=O)c1. The number of hydrogen-bond donors (Lipinski definition) is 1. The van der Waals surface area contributed by atoms with E-state index in [1.54, 1.807) is 27.8 Å². The number of anilines is 2. The van der Waals surface area contributed by atoms with Gasteiger partial charge in [-0.15, -0.1) is 0 Å². The largest absolute Gasteiger partial charge is 0.319 e. The standard InChI is InChI=1S/C22H21ClN4O2/c1-14-21(15(2)27(25-14)17-7-4-3-5-8-17)24-22(29)16-10-11-18(23)19(13-16)26-12-6-9-20(26)28/h3-5,7-8,10-11,13H,6,9,12H2,1-2H3,(H,24,29). The second-order valence-electron chi connectivity index (χ2n) is 7.06. The van der Waals surface area contributed by atoms with Crippen LogP contribution in [0.25, 0.3) is 5.69 Å². The zero-order valence-electron chi connectivity index (χ0n) is 16.3. The molecule has 2 heterocycles. The minimum atomic E-state index is -0.270. The maximum atomic E-state index is 12.9. The van der Waals surface area contributed by atoms with Crippen molar-refractivity contribution in [1.82, 2.24) is 9.78 Å². The van der Waals surface area contributed by atoms with E-state index in [-0.39, 0.29) is 11.8 Å². The minimum absolute atomic E-state index is 0.0280.